The summed E-state index contributed by atoms with van der Waals surface area (Å²) in [6.07, 6.45) is 3.74. The number of rotatable bonds is 8. The van der Waals surface area contributed by atoms with Gasteiger partial charge in [-0.1, -0.05) is 23.2 Å². The fraction of sp³-hybridized carbons (Fsp3) is 0.444. The first-order valence-electron chi connectivity index (χ1n) is 12.7. The third kappa shape index (κ3) is 5.08. The van der Waals surface area contributed by atoms with E-state index in [9.17, 15) is 4.79 Å². The molecule has 0 amide bonds. The van der Waals surface area contributed by atoms with Crippen molar-refractivity contribution < 1.29 is 14.2 Å². The van der Waals surface area contributed by atoms with Crippen molar-refractivity contribution in [2.45, 2.75) is 19.4 Å². The zero-order valence-electron chi connectivity index (χ0n) is 21.7. The van der Waals surface area contributed by atoms with Crippen LogP contribution in [0, 0.1) is 0 Å². The number of hydrazone groups is 1. The van der Waals surface area contributed by atoms with E-state index in [1.54, 1.807) is 22.9 Å². The maximum atomic E-state index is 13.7. The van der Waals surface area contributed by atoms with Crippen LogP contribution in [0.4, 0.5) is 0 Å². The van der Waals surface area contributed by atoms with Crippen molar-refractivity contribution in [1.29, 1.82) is 0 Å². The van der Waals surface area contributed by atoms with Crippen LogP contribution >= 0.6 is 23.2 Å². The average Bonchev–Trinajstić information content (AvgIpc) is 3.42. The lowest BCUT2D eigenvalue weighted by Crippen LogP contribution is -2.40. The monoisotopic (exact) mass is 559 g/mol. The van der Waals surface area contributed by atoms with Crippen LogP contribution in [0.25, 0.3) is 22.0 Å². The second-order valence-corrected chi connectivity index (χ2v) is 10.1. The van der Waals surface area contributed by atoms with Gasteiger partial charge in [-0.15, -0.1) is 0 Å². The number of fused-ring (bicyclic) bond motifs is 1. The highest BCUT2D eigenvalue weighted by Gasteiger charge is 2.25. The van der Waals surface area contributed by atoms with Gasteiger partial charge in [-0.25, -0.2) is 0 Å². The molecule has 0 spiro atoms. The molecule has 9 nitrogen and oxygen atoms in total. The fourth-order valence-corrected chi connectivity index (χ4v) is 5.71. The second-order valence-electron chi connectivity index (χ2n) is 9.30. The number of aromatic nitrogens is 2. The minimum atomic E-state index is -0.205. The summed E-state index contributed by atoms with van der Waals surface area (Å²) < 4.78 is 18.0. The van der Waals surface area contributed by atoms with Crippen molar-refractivity contribution in [1.82, 2.24) is 19.5 Å². The molecule has 3 aromatic rings. The molecule has 0 saturated carbocycles. The molecular formula is C27H31Cl2N5O4. The number of ether oxygens (including phenoxy) is 3. The fourth-order valence-electron chi connectivity index (χ4n) is 5.00. The van der Waals surface area contributed by atoms with Crippen LogP contribution in [0.2, 0.25) is 10.0 Å². The van der Waals surface area contributed by atoms with Gasteiger partial charge < -0.3 is 18.8 Å². The van der Waals surface area contributed by atoms with E-state index in [-0.39, 0.29) is 21.5 Å². The van der Waals surface area contributed by atoms with Crippen molar-refractivity contribution in [3.8, 4) is 22.6 Å². The lowest BCUT2D eigenvalue weighted by molar-refractivity contribution is 0.0339. The van der Waals surface area contributed by atoms with E-state index in [2.05, 4.69) is 15.0 Å². The Morgan fingerprint density at radius 3 is 2.42 bits per heavy atom. The number of benzene rings is 1. The van der Waals surface area contributed by atoms with Crippen LogP contribution in [0.5, 0.6) is 11.5 Å². The molecule has 38 heavy (non-hydrogen) atoms. The molecule has 202 valence electrons. The van der Waals surface area contributed by atoms with E-state index in [0.717, 1.165) is 62.5 Å². The largest absolute Gasteiger partial charge is 0.495 e. The SMILES string of the molecule is CCn1c(=O)c(-c2c(Cl)c(OC)cc(OC)c2Cl)cc2cnc(C3C=NN(CCN4CCOCC4)C3)cc21. The minimum Gasteiger partial charge on any atom is -0.495 e. The van der Waals surface area contributed by atoms with E-state index in [1.807, 2.05) is 19.2 Å². The Hall–Kier alpha value is -2.85. The first-order chi connectivity index (χ1) is 18.4. The van der Waals surface area contributed by atoms with Crippen LogP contribution < -0.4 is 15.0 Å². The molecule has 0 N–H and O–H groups in total. The number of hydrogen-bond acceptors (Lipinski definition) is 8. The third-order valence-corrected chi connectivity index (χ3v) is 7.88. The molecule has 1 saturated heterocycles. The van der Waals surface area contributed by atoms with Crippen LogP contribution in [-0.2, 0) is 11.3 Å². The molecule has 0 bridgehead atoms. The Morgan fingerprint density at radius 2 is 1.76 bits per heavy atom. The van der Waals surface area contributed by atoms with Crippen LogP contribution in [0.3, 0.4) is 0 Å². The van der Waals surface area contributed by atoms with Crippen molar-refractivity contribution >= 4 is 40.3 Å². The van der Waals surface area contributed by atoms with Crippen LogP contribution in [0.1, 0.15) is 18.5 Å². The number of aryl methyl sites for hydroxylation is 1. The van der Waals surface area contributed by atoms with Gasteiger partial charge in [-0.2, -0.15) is 5.10 Å². The topological polar surface area (TPSA) is 81.4 Å². The first kappa shape index (κ1) is 26.7. The molecule has 0 radical (unpaired) electrons. The zero-order chi connectivity index (χ0) is 26.8. The molecule has 0 aliphatic carbocycles. The number of halogens is 2. The summed E-state index contributed by atoms with van der Waals surface area (Å²) in [6, 6.07) is 5.38. The van der Waals surface area contributed by atoms with Gasteiger partial charge in [0.2, 0.25) is 0 Å². The summed E-state index contributed by atoms with van der Waals surface area (Å²) in [5.74, 6) is 0.797. The van der Waals surface area contributed by atoms with Gasteiger partial charge in [0.15, 0.2) is 0 Å². The van der Waals surface area contributed by atoms with E-state index in [4.69, 9.17) is 42.4 Å². The highest BCUT2D eigenvalue weighted by atomic mass is 35.5. The Kier molecular flexibility index (Phi) is 8.09. The molecule has 2 aliphatic rings. The third-order valence-electron chi connectivity index (χ3n) is 7.13. The Bertz CT molecular complexity index is 1390. The Balaban J connectivity index is 1.46. The number of morpholine rings is 1. The highest BCUT2D eigenvalue weighted by molar-refractivity contribution is 6.41. The second kappa shape index (κ2) is 11.5. The zero-order valence-corrected chi connectivity index (χ0v) is 23.3. The Labute approximate surface area is 231 Å². The summed E-state index contributed by atoms with van der Waals surface area (Å²) >= 11 is 13.3. The van der Waals surface area contributed by atoms with Crippen molar-refractivity contribution in [3.05, 3.63) is 50.5 Å². The molecule has 1 fully saturated rings. The predicted molar refractivity (Wildman–Crippen MR) is 150 cm³/mol. The smallest absolute Gasteiger partial charge is 0.259 e. The highest BCUT2D eigenvalue weighted by Crippen LogP contribution is 2.45. The lowest BCUT2D eigenvalue weighted by Gasteiger charge is -2.28. The number of pyridine rings is 2. The average molecular weight is 560 g/mol. The maximum absolute atomic E-state index is 13.7. The minimum absolute atomic E-state index is 0.0516. The van der Waals surface area contributed by atoms with E-state index >= 15 is 0 Å². The molecule has 1 aromatic carbocycles. The first-order valence-corrected chi connectivity index (χ1v) is 13.4. The normalized spacial score (nSPS) is 17.9. The van der Waals surface area contributed by atoms with Gasteiger partial charge in [-0.3, -0.25) is 19.7 Å². The van der Waals surface area contributed by atoms with Gasteiger partial charge in [0.25, 0.3) is 5.56 Å². The molecule has 5 rings (SSSR count). The van der Waals surface area contributed by atoms with Gasteiger partial charge in [0.05, 0.1) is 60.2 Å². The van der Waals surface area contributed by atoms with E-state index in [0.29, 0.717) is 29.2 Å². The van der Waals surface area contributed by atoms with Crippen molar-refractivity contribution in [3.63, 3.8) is 0 Å². The summed E-state index contributed by atoms with van der Waals surface area (Å²) in [6.45, 7) is 8.47. The molecular weight excluding hydrogens is 529 g/mol. The van der Waals surface area contributed by atoms with Crippen molar-refractivity contribution in [2.24, 2.45) is 5.10 Å². The Morgan fingerprint density at radius 1 is 1.05 bits per heavy atom. The summed E-state index contributed by atoms with van der Waals surface area (Å²) in [7, 11) is 3.01. The number of methoxy groups -OCH3 is 2. The number of nitrogens with zero attached hydrogens (tertiary/aromatic N) is 5. The molecule has 2 aliphatic heterocycles. The molecule has 1 unspecified atom stereocenters. The summed E-state index contributed by atoms with van der Waals surface area (Å²) in [4.78, 5) is 20.9. The predicted octanol–water partition coefficient (Wildman–Crippen LogP) is 4.12. The van der Waals surface area contributed by atoms with E-state index in [1.165, 1.54) is 14.2 Å². The maximum Gasteiger partial charge on any atom is 0.259 e. The standard InChI is InChI=1S/C27H31Cl2N5O4/c1-4-34-21-12-20(18-15-31-33(16-18)6-5-32-7-9-38-10-8-32)30-14-17(21)11-19(27(34)35)24-25(28)22(36-2)13-23(37-3)26(24)29/h11-15,18H,4-10,16H2,1-3H3. The molecule has 4 heterocycles. The van der Waals surface area contributed by atoms with Crippen LogP contribution in [0.15, 0.2) is 34.3 Å². The van der Waals surface area contributed by atoms with Gasteiger partial charge in [0.1, 0.15) is 11.5 Å². The van der Waals surface area contributed by atoms with Crippen LogP contribution in [-0.4, -0.2) is 85.8 Å². The molecule has 2 aromatic heterocycles. The summed E-state index contributed by atoms with van der Waals surface area (Å²) in [5.41, 5.74) is 2.21. The lowest BCUT2D eigenvalue weighted by atomic mass is 10.0. The molecule has 1 atom stereocenters. The van der Waals surface area contributed by atoms with Crippen molar-refractivity contribution in [2.75, 3.05) is 60.2 Å². The quantitative estimate of drug-likeness (QED) is 0.410. The van der Waals surface area contributed by atoms with Gasteiger partial charge >= 0.3 is 0 Å². The summed E-state index contributed by atoms with van der Waals surface area (Å²) in [5, 5.41) is 8.00. The van der Waals surface area contributed by atoms with Gasteiger partial charge in [0, 0.05) is 68.7 Å². The van der Waals surface area contributed by atoms with Gasteiger partial charge in [-0.05, 0) is 19.1 Å². The van der Waals surface area contributed by atoms with E-state index < -0.39 is 0 Å². The molecule has 11 heteroatoms. The number of hydrogen-bond donors (Lipinski definition) is 0.